The van der Waals surface area contributed by atoms with E-state index in [9.17, 15) is 15.2 Å². The summed E-state index contributed by atoms with van der Waals surface area (Å²) in [5, 5.41) is 22.3. The van der Waals surface area contributed by atoms with Gasteiger partial charge in [0, 0.05) is 30.7 Å². The van der Waals surface area contributed by atoms with Crippen LogP contribution < -0.4 is 10.2 Å². The summed E-state index contributed by atoms with van der Waals surface area (Å²) in [6.07, 6.45) is 7.61. The summed E-state index contributed by atoms with van der Waals surface area (Å²) in [5.74, 6) is 1.28. The van der Waals surface area contributed by atoms with Crippen LogP contribution in [0.2, 0.25) is 0 Å². The Balaban J connectivity index is 1.53. The average molecular weight is 380 g/mol. The lowest BCUT2D eigenvalue weighted by Gasteiger charge is -2.23. The van der Waals surface area contributed by atoms with E-state index in [1.807, 2.05) is 18.4 Å². The predicted molar refractivity (Wildman–Crippen MR) is 104 cm³/mol. The first-order chi connectivity index (χ1) is 13.4. The van der Waals surface area contributed by atoms with Crippen LogP contribution >= 0.6 is 0 Å². The van der Waals surface area contributed by atoms with E-state index in [2.05, 4.69) is 21.4 Å². The normalized spacial score (nSPS) is 22.4. The SMILES string of the molecule is CC(C)(CO)n1cnc(Nc2cc(N3CC[C@@](C#N)(C4CC4)C3=O)ccn2)c1. The van der Waals surface area contributed by atoms with Crippen LogP contribution in [-0.2, 0) is 10.3 Å². The van der Waals surface area contributed by atoms with Gasteiger partial charge in [0.2, 0.25) is 5.91 Å². The van der Waals surface area contributed by atoms with Crippen LogP contribution in [0.1, 0.15) is 33.1 Å². The Kier molecular flexibility index (Phi) is 4.35. The highest BCUT2D eigenvalue weighted by Gasteiger charge is 2.56. The molecule has 1 amide bonds. The van der Waals surface area contributed by atoms with Gasteiger partial charge in [0.1, 0.15) is 17.1 Å². The van der Waals surface area contributed by atoms with Gasteiger partial charge in [0.15, 0.2) is 0 Å². The third-order valence-corrected chi connectivity index (χ3v) is 5.81. The molecule has 3 heterocycles. The quantitative estimate of drug-likeness (QED) is 0.797. The molecule has 2 aliphatic rings. The van der Waals surface area contributed by atoms with Crippen molar-refractivity contribution in [3.63, 3.8) is 0 Å². The van der Waals surface area contributed by atoms with Crippen LogP contribution in [0.3, 0.4) is 0 Å². The minimum Gasteiger partial charge on any atom is -0.394 e. The molecule has 0 aromatic carbocycles. The van der Waals surface area contributed by atoms with Crippen LogP contribution in [0, 0.1) is 22.7 Å². The number of nitriles is 1. The van der Waals surface area contributed by atoms with Gasteiger partial charge in [-0.1, -0.05) is 0 Å². The largest absolute Gasteiger partial charge is 0.394 e. The third-order valence-electron chi connectivity index (χ3n) is 5.81. The molecule has 0 spiro atoms. The molecule has 2 fully saturated rings. The number of carbonyl (C=O) groups is 1. The van der Waals surface area contributed by atoms with E-state index in [0.29, 0.717) is 24.6 Å². The molecule has 2 aromatic heterocycles. The smallest absolute Gasteiger partial charge is 0.247 e. The molecule has 146 valence electrons. The van der Waals surface area contributed by atoms with E-state index in [1.165, 1.54) is 0 Å². The first-order valence-electron chi connectivity index (χ1n) is 9.51. The summed E-state index contributed by atoms with van der Waals surface area (Å²) in [6.45, 7) is 4.37. The Bertz CT molecular complexity index is 942. The number of carbonyl (C=O) groups excluding carboxylic acids is 1. The second kappa shape index (κ2) is 6.60. The van der Waals surface area contributed by atoms with Crippen molar-refractivity contribution in [2.24, 2.45) is 11.3 Å². The van der Waals surface area contributed by atoms with Crippen molar-refractivity contribution < 1.29 is 9.90 Å². The molecule has 1 aliphatic heterocycles. The maximum Gasteiger partial charge on any atom is 0.247 e. The first kappa shape index (κ1) is 18.4. The van der Waals surface area contributed by atoms with Gasteiger partial charge in [-0.3, -0.25) is 4.79 Å². The lowest BCUT2D eigenvalue weighted by Crippen LogP contribution is -2.35. The van der Waals surface area contributed by atoms with Gasteiger partial charge < -0.3 is 19.9 Å². The molecule has 0 bridgehead atoms. The Morgan fingerprint density at radius 1 is 1.39 bits per heavy atom. The highest BCUT2D eigenvalue weighted by Crippen LogP contribution is 2.51. The van der Waals surface area contributed by atoms with Crippen molar-refractivity contribution in [1.82, 2.24) is 14.5 Å². The Morgan fingerprint density at radius 3 is 2.86 bits per heavy atom. The zero-order valence-corrected chi connectivity index (χ0v) is 16.1. The number of nitrogens with zero attached hydrogens (tertiary/aromatic N) is 5. The number of aliphatic hydroxyl groups is 1. The zero-order valence-electron chi connectivity index (χ0n) is 16.1. The van der Waals surface area contributed by atoms with E-state index in [0.717, 1.165) is 18.5 Å². The van der Waals surface area contributed by atoms with Gasteiger partial charge in [-0.05, 0) is 45.1 Å². The first-order valence-corrected chi connectivity index (χ1v) is 9.51. The van der Waals surface area contributed by atoms with Gasteiger partial charge >= 0.3 is 0 Å². The number of anilines is 3. The number of pyridine rings is 1. The fourth-order valence-electron chi connectivity index (χ4n) is 3.72. The van der Waals surface area contributed by atoms with Crippen LogP contribution in [0.4, 0.5) is 17.3 Å². The number of imidazole rings is 1. The molecule has 2 N–H and O–H groups in total. The molecular weight excluding hydrogens is 356 g/mol. The summed E-state index contributed by atoms with van der Waals surface area (Å²) in [6, 6.07) is 5.90. The summed E-state index contributed by atoms with van der Waals surface area (Å²) in [7, 11) is 0. The highest BCUT2D eigenvalue weighted by atomic mass is 16.3. The monoisotopic (exact) mass is 380 g/mol. The lowest BCUT2D eigenvalue weighted by atomic mass is 9.83. The van der Waals surface area contributed by atoms with Crippen LogP contribution in [0.25, 0.3) is 0 Å². The molecule has 0 unspecified atom stereocenters. The second-order valence-electron chi connectivity index (χ2n) is 8.23. The van der Waals surface area contributed by atoms with Crippen molar-refractivity contribution in [2.45, 2.75) is 38.6 Å². The number of nitrogens with one attached hydrogen (secondary N) is 1. The number of amides is 1. The topological polar surface area (TPSA) is 107 Å². The maximum atomic E-state index is 13.0. The number of hydrogen-bond donors (Lipinski definition) is 2. The standard InChI is InChI=1S/C20H24N6O2/c1-19(2,12-27)25-10-17(23-13-25)24-16-9-15(5-7-22-16)26-8-6-20(11-21,18(26)28)14-3-4-14/h5,7,9-10,13-14,27H,3-4,6,8,12H2,1-2H3,(H,22,24)/t20-/m1/s1. The Morgan fingerprint density at radius 2 is 2.18 bits per heavy atom. The predicted octanol–water partition coefficient (Wildman–Crippen LogP) is 2.41. The zero-order chi connectivity index (χ0) is 19.9. The lowest BCUT2D eigenvalue weighted by molar-refractivity contribution is -0.123. The number of hydrogen-bond acceptors (Lipinski definition) is 6. The van der Waals surface area contributed by atoms with Crippen LogP contribution in [-0.4, -0.2) is 38.7 Å². The van der Waals surface area contributed by atoms with Gasteiger partial charge in [-0.25, -0.2) is 9.97 Å². The van der Waals surface area contributed by atoms with Crippen LogP contribution in [0.15, 0.2) is 30.9 Å². The molecule has 2 aromatic rings. The Labute approximate surface area is 163 Å². The third kappa shape index (κ3) is 3.02. The summed E-state index contributed by atoms with van der Waals surface area (Å²) >= 11 is 0. The van der Waals surface area contributed by atoms with E-state index in [4.69, 9.17) is 0 Å². The number of aliphatic hydroxyl groups excluding tert-OH is 1. The molecule has 28 heavy (non-hydrogen) atoms. The van der Waals surface area contributed by atoms with Crippen molar-refractivity contribution in [3.8, 4) is 6.07 Å². The molecule has 1 saturated carbocycles. The van der Waals surface area contributed by atoms with Gasteiger partial charge in [-0.15, -0.1) is 0 Å². The second-order valence-corrected chi connectivity index (χ2v) is 8.23. The summed E-state index contributed by atoms with van der Waals surface area (Å²) in [4.78, 5) is 23.3. The molecule has 0 radical (unpaired) electrons. The average Bonchev–Trinajstić information content (AvgIpc) is 3.34. The van der Waals surface area contributed by atoms with Gasteiger partial charge in [0.25, 0.3) is 0 Å². The van der Waals surface area contributed by atoms with Crippen LogP contribution in [0.5, 0.6) is 0 Å². The molecule has 8 nitrogen and oxygen atoms in total. The van der Waals surface area contributed by atoms with E-state index < -0.39 is 11.0 Å². The van der Waals surface area contributed by atoms with E-state index in [1.54, 1.807) is 35.8 Å². The fraction of sp³-hybridized carbons (Fsp3) is 0.500. The number of rotatable bonds is 6. The van der Waals surface area contributed by atoms with Gasteiger partial charge in [-0.2, -0.15) is 5.26 Å². The molecule has 4 rings (SSSR count). The van der Waals surface area contributed by atoms with Crippen molar-refractivity contribution in [1.29, 1.82) is 5.26 Å². The molecule has 1 aliphatic carbocycles. The minimum absolute atomic E-state index is 0.00472. The number of aromatic nitrogens is 3. The van der Waals surface area contributed by atoms with Gasteiger partial charge in [0.05, 0.1) is 24.5 Å². The minimum atomic E-state index is -0.856. The maximum absolute atomic E-state index is 13.0. The van der Waals surface area contributed by atoms with Crippen molar-refractivity contribution in [3.05, 3.63) is 30.9 Å². The highest BCUT2D eigenvalue weighted by molar-refractivity contribution is 6.02. The van der Waals surface area contributed by atoms with Crippen molar-refractivity contribution >= 4 is 23.2 Å². The molecule has 1 atom stereocenters. The molecule has 8 heteroatoms. The summed E-state index contributed by atoms with van der Waals surface area (Å²) < 4.78 is 1.83. The Hall–Kier alpha value is -2.92. The fourth-order valence-corrected chi connectivity index (χ4v) is 3.72. The van der Waals surface area contributed by atoms with Crippen molar-refractivity contribution in [2.75, 3.05) is 23.4 Å². The summed E-state index contributed by atoms with van der Waals surface area (Å²) in [5.41, 5.74) is -0.575. The van der Waals surface area contributed by atoms with E-state index >= 15 is 0 Å². The molecular formula is C20H24N6O2. The molecule has 1 saturated heterocycles. The van der Waals surface area contributed by atoms with E-state index in [-0.39, 0.29) is 18.4 Å².